The van der Waals surface area contributed by atoms with Crippen LogP contribution < -0.4 is 0 Å². The predicted molar refractivity (Wildman–Crippen MR) is 71.8 cm³/mol. The lowest BCUT2D eigenvalue weighted by molar-refractivity contribution is -0.136. The lowest BCUT2D eigenvalue weighted by Gasteiger charge is -2.33. The van der Waals surface area contributed by atoms with E-state index in [-0.39, 0.29) is 5.92 Å². The highest BCUT2D eigenvalue weighted by atomic mass is 32.1. The second-order valence-electron chi connectivity index (χ2n) is 5.22. The first kappa shape index (κ1) is 12.2. The summed E-state index contributed by atoms with van der Waals surface area (Å²) in [6, 6.07) is 2.22. The maximum Gasteiger partial charge on any atom is 0.228 e. The van der Waals surface area contributed by atoms with Crippen molar-refractivity contribution in [3.8, 4) is 0 Å². The zero-order valence-electron chi connectivity index (χ0n) is 10.5. The van der Waals surface area contributed by atoms with Gasteiger partial charge in [-0.25, -0.2) is 0 Å². The van der Waals surface area contributed by atoms with E-state index in [1.165, 1.54) is 5.56 Å². The van der Waals surface area contributed by atoms with Gasteiger partial charge in [0.1, 0.15) is 0 Å². The third kappa shape index (κ3) is 2.45. The second-order valence-corrected chi connectivity index (χ2v) is 6.00. The molecule has 2 aliphatic heterocycles. The molecule has 0 saturated carbocycles. The first-order valence-corrected chi connectivity index (χ1v) is 7.67. The normalized spacial score (nSPS) is 25.6. The maximum absolute atomic E-state index is 12.2. The van der Waals surface area contributed by atoms with E-state index < -0.39 is 0 Å². The Morgan fingerprint density at radius 2 is 2.17 bits per heavy atom. The molecule has 3 heterocycles. The van der Waals surface area contributed by atoms with Gasteiger partial charge in [0.25, 0.3) is 0 Å². The van der Waals surface area contributed by atoms with Crippen molar-refractivity contribution in [3.63, 3.8) is 0 Å². The van der Waals surface area contributed by atoms with Crippen LogP contribution in [0, 0.1) is 5.92 Å². The van der Waals surface area contributed by atoms with Crippen molar-refractivity contribution in [1.29, 1.82) is 0 Å². The summed E-state index contributed by atoms with van der Waals surface area (Å²) < 4.78 is 5.30. The zero-order valence-corrected chi connectivity index (χ0v) is 11.3. The minimum atomic E-state index is 0.127. The molecular weight excluding hydrogens is 246 g/mol. The molecule has 0 bridgehead atoms. The fourth-order valence-corrected chi connectivity index (χ4v) is 3.67. The Labute approximate surface area is 112 Å². The van der Waals surface area contributed by atoms with Crippen LogP contribution in [0.4, 0.5) is 0 Å². The zero-order chi connectivity index (χ0) is 12.4. The summed E-state index contributed by atoms with van der Waals surface area (Å²) in [6.45, 7) is 3.21. The van der Waals surface area contributed by atoms with E-state index in [0.717, 1.165) is 39.0 Å². The summed E-state index contributed by atoms with van der Waals surface area (Å²) >= 11 is 1.76. The Kier molecular flexibility index (Phi) is 3.66. The number of carbonyl (C=O) groups is 1. The van der Waals surface area contributed by atoms with Crippen molar-refractivity contribution < 1.29 is 9.53 Å². The standard InChI is InChI=1S/C14H19NO2S/c16-14(12-3-7-17-9-12)15-5-1-11(2-6-15)13-4-8-18-10-13/h4,8,10-12H,1-3,5-7,9H2/t12-/m0/s1. The van der Waals surface area contributed by atoms with Gasteiger partial charge >= 0.3 is 0 Å². The molecule has 18 heavy (non-hydrogen) atoms. The molecule has 98 valence electrons. The molecule has 0 N–H and O–H groups in total. The highest BCUT2D eigenvalue weighted by Gasteiger charge is 2.30. The van der Waals surface area contributed by atoms with E-state index in [2.05, 4.69) is 16.8 Å². The molecule has 2 fully saturated rings. The molecule has 0 radical (unpaired) electrons. The lowest BCUT2D eigenvalue weighted by atomic mass is 9.91. The monoisotopic (exact) mass is 265 g/mol. The number of carbonyl (C=O) groups excluding carboxylic acids is 1. The number of hydrogen-bond acceptors (Lipinski definition) is 3. The number of hydrogen-bond donors (Lipinski definition) is 0. The molecule has 2 saturated heterocycles. The van der Waals surface area contributed by atoms with Crippen molar-refractivity contribution in [3.05, 3.63) is 22.4 Å². The second kappa shape index (κ2) is 5.41. The molecule has 4 heteroatoms. The van der Waals surface area contributed by atoms with Crippen molar-refractivity contribution in [2.24, 2.45) is 5.92 Å². The molecule has 1 aromatic rings. The molecule has 3 rings (SSSR count). The molecule has 3 nitrogen and oxygen atoms in total. The average molecular weight is 265 g/mol. The van der Waals surface area contributed by atoms with Gasteiger partial charge in [0.05, 0.1) is 12.5 Å². The highest BCUT2D eigenvalue weighted by Crippen LogP contribution is 2.30. The summed E-state index contributed by atoms with van der Waals surface area (Å²) in [6.07, 6.45) is 3.12. The Hall–Kier alpha value is -0.870. The van der Waals surface area contributed by atoms with Crippen molar-refractivity contribution >= 4 is 17.2 Å². The van der Waals surface area contributed by atoms with Gasteiger partial charge in [0.15, 0.2) is 0 Å². The first-order valence-electron chi connectivity index (χ1n) is 6.73. The van der Waals surface area contributed by atoms with E-state index in [0.29, 0.717) is 18.4 Å². The molecule has 0 spiro atoms. The number of thiophene rings is 1. The summed E-state index contributed by atoms with van der Waals surface area (Å²) in [4.78, 5) is 14.3. The van der Waals surface area contributed by atoms with Crippen LogP contribution in [0.1, 0.15) is 30.7 Å². The third-order valence-electron chi connectivity index (χ3n) is 4.10. The van der Waals surface area contributed by atoms with Crippen molar-refractivity contribution in [2.75, 3.05) is 26.3 Å². The Morgan fingerprint density at radius 1 is 1.33 bits per heavy atom. The SMILES string of the molecule is O=C([C@H]1CCOC1)N1CCC(c2ccsc2)CC1. The molecule has 1 atom stereocenters. The van der Waals surface area contributed by atoms with E-state index in [9.17, 15) is 4.79 Å². The fourth-order valence-electron chi connectivity index (χ4n) is 2.93. The molecule has 1 aromatic heterocycles. The molecule has 0 aliphatic carbocycles. The third-order valence-corrected chi connectivity index (χ3v) is 4.80. The summed E-state index contributed by atoms with van der Waals surface area (Å²) in [7, 11) is 0. The van der Waals surface area contributed by atoms with Gasteiger partial charge in [-0.1, -0.05) is 0 Å². The number of amides is 1. The Morgan fingerprint density at radius 3 is 2.78 bits per heavy atom. The summed E-state index contributed by atoms with van der Waals surface area (Å²) in [5.74, 6) is 1.10. The molecule has 0 unspecified atom stereocenters. The van der Waals surface area contributed by atoms with Crippen molar-refractivity contribution in [1.82, 2.24) is 4.90 Å². The highest BCUT2D eigenvalue weighted by molar-refractivity contribution is 7.07. The van der Waals surface area contributed by atoms with Crippen LogP contribution in [0.5, 0.6) is 0 Å². The smallest absolute Gasteiger partial charge is 0.228 e. The lowest BCUT2D eigenvalue weighted by Crippen LogP contribution is -2.41. The largest absolute Gasteiger partial charge is 0.381 e. The van der Waals surface area contributed by atoms with Crippen LogP contribution >= 0.6 is 11.3 Å². The van der Waals surface area contributed by atoms with E-state index >= 15 is 0 Å². The van der Waals surface area contributed by atoms with Crippen LogP contribution in [0.3, 0.4) is 0 Å². The number of ether oxygens (including phenoxy) is 1. The van der Waals surface area contributed by atoms with E-state index in [4.69, 9.17) is 4.74 Å². The van der Waals surface area contributed by atoms with Gasteiger partial charge in [0, 0.05) is 19.7 Å². The van der Waals surface area contributed by atoms with Gasteiger partial charge < -0.3 is 9.64 Å². The van der Waals surface area contributed by atoms with Crippen molar-refractivity contribution in [2.45, 2.75) is 25.2 Å². The van der Waals surface area contributed by atoms with E-state index in [1.54, 1.807) is 11.3 Å². The minimum Gasteiger partial charge on any atom is -0.381 e. The first-order chi connectivity index (χ1) is 8.84. The van der Waals surface area contributed by atoms with Gasteiger partial charge in [-0.2, -0.15) is 11.3 Å². The van der Waals surface area contributed by atoms with Gasteiger partial charge in [-0.3, -0.25) is 4.79 Å². The minimum absolute atomic E-state index is 0.127. The quantitative estimate of drug-likeness (QED) is 0.822. The molecule has 0 aromatic carbocycles. The van der Waals surface area contributed by atoms with Crippen LogP contribution in [0.25, 0.3) is 0 Å². The molecule has 1 amide bonds. The van der Waals surface area contributed by atoms with Crippen LogP contribution in [-0.2, 0) is 9.53 Å². The van der Waals surface area contributed by atoms with Crippen LogP contribution in [-0.4, -0.2) is 37.1 Å². The summed E-state index contributed by atoms with van der Waals surface area (Å²) in [5.41, 5.74) is 1.45. The number of nitrogens with zero attached hydrogens (tertiary/aromatic N) is 1. The van der Waals surface area contributed by atoms with E-state index in [1.807, 2.05) is 4.90 Å². The average Bonchev–Trinajstić information content (AvgIpc) is 3.11. The number of piperidine rings is 1. The van der Waals surface area contributed by atoms with Gasteiger partial charge in [-0.15, -0.1) is 0 Å². The number of likely N-dealkylation sites (tertiary alicyclic amines) is 1. The topological polar surface area (TPSA) is 29.5 Å². The Balaban J connectivity index is 1.55. The van der Waals surface area contributed by atoms with Crippen LogP contribution in [0.15, 0.2) is 16.8 Å². The molecule has 2 aliphatic rings. The van der Waals surface area contributed by atoms with Gasteiger partial charge in [0.2, 0.25) is 5.91 Å². The fraction of sp³-hybridized carbons (Fsp3) is 0.643. The Bertz CT molecular complexity index is 390. The molecular formula is C14H19NO2S. The maximum atomic E-state index is 12.2. The summed E-state index contributed by atoms with van der Waals surface area (Å²) in [5, 5.41) is 4.38. The van der Waals surface area contributed by atoms with Crippen LogP contribution in [0.2, 0.25) is 0 Å². The van der Waals surface area contributed by atoms with Gasteiger partial charge in [-0.05, 0) is 47.6 Å². The number of rotatable bonds is 2. The predicted octanol–water partition coefficient (Wildman–Crippen LogP) is 2.49.